The fraction of sp³-hybridized carbons (Fsp3) is 0.286. The Bertz CT molecular complexity index is 535. The van der Waals surface area contributed by atoms with Crippen LogP contribution in [0.2, 0.25) is 8.67 Å². The Labute approximate surface area is 101 Å². The summed E-state index contributed by atoms with van der Waals surface area (Å²) in [6.45, 7) is 2.45. The topological polar surface area (TPSA) is 49.7 Å². The van der Waals surface area contributed by atoms with Gasteiger partial charge >= 0.3 is 0 Å². The first kappa shape index (κ1) is 11.2. The Kier molecular flexibility index (Phi) is 2.70. The molecule has 0 saturated carbocycles. The molecule has 2 rings (SSSR count). The Balaban J connectivity index is 2.78. The first-order chi connectivity index (χ1) is 6.97. The lowest BCUT2D eigenvalue weighted by Crippen LogP contribution is -2.26. The van der Waals surface area contributed by atoms with Crippen molar-refractivity contribution in [3.05, 3.63) is 8.67 Å². The maximum absolute atomic E-state index is 11.6. The van der Waals surface area contributed by atoms with Gasteiger partial charge in [0, 0.05) is 6.54 Å². The van der Waals surface area contributed by atoms with Crippen LogP contribution in [0.1, 0.15) is 6.92 Å². The molecule has 0 fully saturated rings. The lowest BCUT2D eigenvalue weighted by molar-refractivity contribution is 0.597. The first-order valence-corrected chi connectivity index (χ1v) is 7.03. The van der Waals surface area contributed by atoms with Crippen LogP contribution in [-0.2, 0) is 10.0 Å². The molecule has 0 N–H and O–H groups in total. The van der Waals surface area contributed by atoms with Crippen LogP contribution in [0.3, 0.4) is 0 Å². The van der Waals surface area contributed by atoms with E-state index in [1.54, 1.807) is 4.90 Å². The fourth-order valence-electron chi connectivity index (χ4n) is 1.29. The van der Waals surface area contributed by atoms with Crippen LogP contribution < -0.4 is 4.90 Å². The Morgan fingerprint density at radius 2 is 2.13 bits per heavy atom. The van der Waals surface area contributed by atoms with E-state index in [0.29, 0.717) is 16.6 Å². The van der Waals surface area contributed by atoms with Crippen molar-refractivity contribution in [2.24, 2.45) is 4.40 Å². The summed E-state index contributed by atoms with van der Waals surface area (Å²) in [5.74, 6) is 0. The monoisotopic (exact) mass is 284 g/mol. The van der Waals surface area contributed by atoms with Crippen molar-refractivity contribution in [1.29, 1.82) is 0 Å². The number of anilines is 1. The van der Waals surface area contributed by atoms with Gasteiger partial charge in [0.15, 0.2) is 0 Å². The van der Waals surface area contributed by atoms with Gasteiger partial charge in [-0.05, 0) is 6.92 Å². The lowest BCUT2D eigenvalue weighted by atomic mass is 10.4. The molecule has 0 saturated heterocycles. The molecule has 1 aromatic heterocycles. The Morgan fingerprint density at radius 1 is 1.47 bits per heavy atom. The third-order valence-electron chi connectivity index (χ3n) is 1.97. The molecule has 4 nitrogen and oxygen atoms in total. The SMILES string of the molecule is CCN1C=NS(=O)(=O)c2c(Cl)sc(Cl)c21. The molecule has 2 heterocycles. The van der Waals surface area contributed by atoms with Gasteiger partial charge in [0.05, 0.1) is 5.69 Å². The van der Waals surface area contributed by atoms with E-state index in [-0.39, 0.29) is 9.23 Å². The highest BCUT2D eigenvalue weighted by Crippen LogP contribution is 2.47. The van der Waals surface area contributed by atoms with Gasteiger partial charge in [-0.2, -0.15) is 8.42 Å². The van der Waals surface area contributed by atoms with Crippen LogP contribution in [0.5, 0.6) is 0 Å². The third-order valence-corrected chi connectivity index (χ3v) is 5.08. The summed E-state index contributed by atoms with van der Waals surface area (Å²) in [6.07, 6.45) is 1.26. The summed E-state index contributed by atoms with van der Waals surface area (Å²) in [5, 5.41) is 0. The van der Waals surface area contributed by atoms with E-state index >= 15 is 0 Å². The standard InChI is InChI=1S/C7H6Cl2N2O2S2/c1-2-11-3-10-15(12,13)5-4(11)6(8)14-7(5)9/h3H,2H2,1H3. The number of hydrogen-bond donors (Lipinski definition) is 0. The molecular formula is C7H6Cl2N2O2S2. The number of nitrogens with zero attached hydrogens (tertiary/aromatic N) is 2. The number of rotatable bonds is 1. The average molecular weight is 285 g/mol. The second kappa shape index (κ2) is 3.62. The maximum atomic E-state index is 11.6. The molecule has 82 valence electrons. The number of halogens is 2. The molecule has 1 aliphatic rings. The van der Waals surface area contributed by atoms with E-state index in [1.165, 1.54) is 6.34 Å². The Morgan fingerprint density at radius 3 is 2.73 bits per heavy atom. The van der Waals surface area contributed by atoms with E-state index in [4.69, 9.17) is 23.2 Å². The number of fused-ring (bicyclic) bond motifs is 1. The average Bonchev–Trinajstić information content (AvgIpc) is 2.44. The van der Waals surface area contributed by atoms with E-state index in [2.05, 4.69) is 4.40 Å². The zero-order valence-electron chi connectivity index (χ0n) is 7.57. The van der Waals surface area contributed by atoms with Crippen LogP contribution in [-0.4, -0.2) is 21.3 Å². The highest BCUT2D eigenvalue weighted by atomic mass is 35.5. The van der Waals surface area contributed by atoms with E-state index in [9.17, 15) is 8.42 Å². The molecule has 0 bridgehead atoms. The summed E-state index contributed by atoms with van der Waals surface area (Å²) < 4.78 is 27.2. The van der Waals surface area contributed by atoms with Gasteiger partial charge in [-0.1, -0.05) is 23.2 Å². The molecule has 0 radical (unpaired) electrons. The van der Waals surface area contributed by atoms with Gasteiger partial charge in [-0.15, -0.1) is 15.7 Å². The van der Waals surface area contributed by atoms with Crippen LogP contribution in [0, 0.1) is 0 Å². The molecule has 15 heavy (non-hydrogen) atoms. The quantitative estimate of drug-likeness (QED) is 0.797. The van der Waals surface area contributed by atoms with E-state index < -0.39 is 10.0 Å². The smallest absolute Gasteiger partial charge is 0.288 e. The zero-order chi connectivity index (χ0) is 11.2. The fourth-order valence-corrected chi connectivity index (χ4v) is 4.69. The molecule has 0 amide bonds. The summed E-state index contributed by atoms with van der Waals surface area (Å²) in [7, 11) is -3.67. The molecule has 1 aliphatic heterocycles. The number of sulfonamides is 1. The van der Waals surface area contributed by atoms with Gasteiger partial charge in [0.25, 0.3) is 10.0 Å². The Hall–Kier alpha value is -0.300. The lowest BCUT2D eigenvalue weighted by Gasteiger charge is -2.21. The molecule has 0 atom stereocenters. The molecule has 0 aliphatic carbocycles. The van der Waals surface area contributed by atoms with Gasteiger partial charge < -0.3 is 4.90 Å². The molecule has 0 spiro atoms. The maximum Gasteiger partial charge on any atom is 0.288 e. The minimum absolute atomic E-state index is 0.0171. The van der Waals surface area contributed by atoms with E-state index in [0.717, 1.165) is 11.3 Å². The van der Waals surface area contributed by atoms with Crippen molar-refractivity contribution in [2.45, 2.75) is 11.8 Å². The van der Waals surface area contributed by atoms with Crippen molar-refractivity contribution < 1.29 is 8.42 Å². The normalized spacial score (nSPS) is 17.9. The molecular weight excluding hydrogens is 279 g/mol. The molecule has 1 aromatic rings. The van der Waals surface area contributed by atoms with Crippen LogP contribution in [0.15, 0.2) is 9.29 Å². The highest BCUT2D eigenvalue weighted by Gasteiger charge is 2.32. The molecule has 8 heteroatoms. The second-order valence-corrected chi connectivity index (χ2v) is 6.60. The predicted octanol–water partition coefficient (Wildman–Crippen LogP) is 2.61. The van der Waals surface area contributed by atoms with Gasteiger partial charge in [-0.25, -0.2) is 0 Å². The van der Waals surface area contributed by atoms with Crippen molar-refractivity contribution in [2.75, 3.05) is 11.4 Å². The van der Waals surface area contributed by atoms with Crippen molar-refractivity contribution >= 4 is 56.6 Å². The zero-order valence-corrected chi connectivity index (χ0v) is 10.7. The summed E-state index contributed by atoms with van der Waals surface area (Å²) >= 11 is 12.8. The first-order valence-electron chi connectivity index (χ1n) is 4.02. The van der Waals surface area contributed by atoms with Crippen molar-refractivity contribution in [3.63, 3.8) is 0 Å². The van der Waals surface area contributed by atoms with Crippen LogP contribution in [0.25, 0.3) is 0 Å². The predicted molar refractivity (Wildman–Crippen MR) is 63.0 cm³/mol. The third kappa shape index (κ3) is 1.65. The summed E-state index contributed by atoms with van der Waals surface area (Å²) in [6, 6.07) is 0. The van der Waals surface area contributed by atoms with Crippen molar-refractivity contribution in [3.8, 4) is 0 Å². The summed E-state index contributed by atoms with van der Waals surface area (Å²) in [5.41, 5.74) is 0.434. The van der Waals surface area contributed by atoms with Gasteiger partial charge in [0.1, 0.15) is 19.9 Å². The van der Waals surface area contributed by atoms with Crippen molar-refractivity contribution in [1.82, 2.24) is 0 Å². The number of hydrogen-bond acceptors (Lipinski definition) is 4. The van der Waals surface area contributed by atoms with Gasteiger partial charge in [-0.3, -0.25) is 0 Å². The van der Waals surface area contributed by atoms with Crippen LogP contribution in [0.4, 0.5) is 5.69 Å². The molecule has 0 aromatic carbocycles. The number of thiophene rings is 1. The largest absolute Gasteiger partial charge is 0.329 e. The minimum atomic E-state index is -3.67. The minimum Gasteiger partial charge on any atom is -0.329 e. The van der Waals surface area contributed by atoms with Gasteiger partial charge in [0.2, 0.25) is 0 Å². The molecule has 0 unspecified atom stereocenters. The van der Waals surface area contributed by atoms with E-state index in [1.807, 2.05) is 6.92 Å². The second-order valence-electron chi connectivity index (χ2n) is 2.81. The van der Waals surface area contributed by atoms with Crippen LogP contribution >= 0.6 is 34.5 Å². The highest BCUT2D eigenvalue weighted by molar-refractivity contribution is 7.90. The summed E-state index contributed by atoms with van der Waals surface area (Å²) in [4.78, 5) is 1.67.